The normalized spacial score (nSPS) is 10.6. The molecule has 20 heavy (non-hydrogen) atoms. The minimum atomic E-state index is -0.385. The molecule has 4 heteroatoms. The highest BCUT2D eigenvalue weighted by atomic mass is 35.5. The predicted molar refractivity (Wildman–Crippen MR) is 79.6 cm³/mol. The SMILES string of the molecule is CCOc1cccc(CNCc2cccc(F)c2Cl)c1. The van der Waals surface area contributed by atoms with Crippen molar-refractivity contribution in [3.63, 3.8) is 0 Å². The minimum absolute atomic E-state index is 0.183. The third-order valence-corrected chi connectivity index (χ3v) is 3.31. The number of rotatable bonds is 6. The Labute approximate surface area is 123 Å². The van der Waals surface area contributed by atoms with Crippen molar-refractivity contribution in [2.24, 2.45) is 0 Å². The average molecular weight is 294 g/mol. The Bertz CT molecular complexity index is 574. The molecule has 2 aromatic rings. The number of halogens is 2. The van der Waals surface area contributed by atoms with Crippen molar-refractivity contribution >= 4 is 11.6 Å². The molecule has 0 aliphatic rings. The summed E-state index contributed by atoms with van der Waals surface area (Å²) in [5.41, 5.74) is 1.87. The fourth-order valence-corrected chi connectivity index (χ4v) is 2.13. The lowest BCUT2D eigenvalue weighted by Gasteiger charge is -2.09. The fraction of sp³-hybridized carbons (Fsp3) is 0.250. The van der Waals surface area contributed by atoms with Crippen molar-refractivity contribution in [2.75, 3.05) is 6.61 Å². The van der Waals surface area contributed by atoms with Crippen molar-refractivity contribution < 1.29 is 9.13 Å². The molecular formula is C16H17ClFNO. The van der Waals surface area contributed by atoms with Gasteiger partial charge in [-0.1, -0.05) is 35.9 Å². The zero-order valence-corrected chi connectivity index (χ0v) is 12.1. The van der Waals surface area contributed by atoms with Crippen molar-refractivity contribution in [3.05, 3.63) is 64.4 Å². The highest BCUT2D eigenvalue weighted by molar-refractivity contribution is 6.31. The molecule has 0 heterocycles. The monoisotopic (exact) mass is 293 g/mol. The van der Waals surface area contributed by atoms with Crippen LogP contribution in [0.3, 0.4) is 0 Å². The molecule has 0 bridgehead atoms. The molecule has 0 fully saturated rings. The molecule has 0 atom stereocenters. The molecule has 1 N–H and O–H groups in total. The first-order valence-electron chi connectivity index (χ1n) is 6.56. The molecule has 2 nitrogen and oxygen atoms in total. The first kappa shape index (κ1) is 14.8. The first-order valence-corrected chi connectivity index (χ1v) is 6.94. The largest absolute Gasteiger partial charge is 0.494 e. The highest BCUT2D eigenvalue weighted by Gasteiger charge is 2.05. The van der Waals surface area contributed by atoms with Crippen LogP contribution in [0.4, 0.5) is 4.39 Å². The van der Waals surface area contributed by atoms with Gasteiger partial charge in [0, 0.05) is 13.1 Å². The zero-order valence-electron chi connectivity index (χ0n) is 11.3. The molecule has 0 aliphatic heterocycles. The number of benzene rings is 2. The summed E-state index contributed by atoms with van der Waals surface area (Å²) in [6, 6.07) is 12.7. The van der Waals surface area contributed by atoms with Crippen LogP contribution in [-0.2, 0) is 13.1 Å². The Morgan fingerprint density at radius 1 is 1.15 bits per heavy atom. The topological polar surface area (TPSA) is 21.3 Å². The molecule has 0 amide bonds. The van der Waals surface area contributed by atoms with E-state index in [1.54, 1.807) is 6.07 Å². The van der Waals surface area contributed by atoms with Crippen molar-refractivity contribution in [3.8, 4) is 5.75 Å². The first-order chi connectivity index (χ1) is 9.70. The molecule has 106 valence electrons. The maximum absolute atomic E-state index is 13.3. The molecule has 2 rings (SSSR count). The standard InChI is InChI=1S/C16H17ClFNO/c1-2-20-14-7-3-5-12(9-14)10-19-11-13-6-4-8-15(18)16(13)17/h3-9,19H,2,10-11H2,1H3. The van der Waals surface area contributed by atoms with Gasteiger partial charge in [-0.15, -0.1) is 0 Å². The van der Waals surface area contributed by atoms with E-state index in [0.717, 1.165) is 16.9 Å². The third-order valence-electron chi connectivity index (χ3n) is 2.89. The van der Waals surface area contributed by atoms with Gasteiger partial charge in [0.25, 0.3) is 0 Å². The molecule has 0 saturated carbocycles. The van der Waals surface area contributed by atoms with Crippen LogP contribution in [0.25, 0.3) is 0 Å². The van der Waals surface area contributed by atoms with E-state index in [1.807, 2.05) is 37.3 Å². The Hall–Kier alpha value is -1.58. The third kappa shape index (κ3) is 3.95. The second-order valence-electron chi connectivity index (χ2n) is 4.40. The lowest BCUT2D eigenvalue weighted by atomic mass is 10.2. The lowest BCUT2D eigenvalue weighted by molar-refractivity contribution is 0.340. The second kappa shape index (κ2) is 7.27. The quantitative estimate of drug-likeness (QED) is 0.863. The molecule has 0 aromatic heterocycles. The molecule has 0 spiro atoms. The number of hydrogen-bond acceptors (Lipinski definition) is 2. The molecule has 0 radical (unpaired) electrons. The minimum Gasteiger partial charge on any atom is -0.494 e. The van der Waals surface area contributed by atoms with Gasteiger partial charge < -0.3 is 10.1 Å². The zero-order chi connectivity index (χ0) is 14.4. The second-order valence-corrected chi connectivity index (χ2v) is 4.77. The Balaban J connectivity index is 1.92. The lowest BCUT2D eigenvalue weighted by Crippen LogP contribution is -2.13. The fourth-order valence-electron chi connectivity index (χ4n) is 1.94. The van der Waals surface area contributed by atoms with E-state index in [1.165, 1.54) is 6.07 Å². The van der Waals surface area contributed by atoms with Gasteiger partial charge in [-0.25, -0.2) is 4.39 Å². The van der Waals surface area contributed by atoms with E-state index in [9.17, 15) is 4.39 Å². The molecule has 0 unspecified atom stereocenters. The predicted octanol–water partition coefficient (Wildman–Crippen LogP) is 4.17. The van der Waals surface area contributed by atoms with E-state index < -0.39 is 0 Å². The van der Waals surface area contributed by atoms with Crippen LogP contribution in [0.1, 0.15) is 18.1 Å². The van der Waals surface area contributed by atoms with Gasteiger partial charge in [0.05, 0.1) is 11.6 Å². The van der Waals surface area contributed by atoms with Crippen LogP contribution in [0, 0.1) is 5.82 Å². The summed E-state index contributed by atoms with van der Waals surface area (Å²) in [6.45, 7) is 3.80. The number of ether oxygens (including phenoxy) is 1. The van der Waals surface area contributed by atoms with Gasteiger partial charge in [0.1, 0.15) is 11.6 Å². The van der Waals surface area contributed by atoms with E-state index in [0.29, 0.717) is 19.7 Å². The van der Waals surface area contributed by atoms with Crippen LogP contribution >= 0.6 is 11.6 Å². The van der Waals surface area contributed by atoms with E-state index in [2.05, 4.69) is 5.32 Å². The van der Waals surface area contributed by atoms with Crippen molar-refractivity contribution in [1.29, 1.82) is 0 Å². The van der Waals surface area contributed by atoms with Gasteiger partial charge >= 0.3 is 0 Å². The van der Waals surface area contributed by atoms with Crippen molar-refractivity contribution in [1.82, 2.24) is 5.32 Å². The van der Waals surface area contributed by atoms with E-state index in [4.69, 9.17) is 16.3 Å². The van der Waals surface area contributed by atoms with Crippen molar-refractivity contribution in [2.45, 2.75) is 20.0 Å². The molecule has 0 saturated heterocycles. The van der Waals surface area contributed by atoms with Crippen LogP contribution in [-0.4, -0.2) is 6.61 Å². The number of nitrogens with one attached hydrogen (secondary N) is 1. The van der Waals surface area contributed by atoms with Crippen LogP contribution < -0.4 is 10.1 Å². The van der Waals surface area contributed by atoms with Gasteiger partial charge in [-0.05, 0) is 36.2 Å². The summed E-state index contributed by atoms with van der Waals surface area (Å²) in [4.78, 5) is 0. The van der Waals surface area contributed by atoms with Gasteiger partial charge in [-0.3, -0.25) is 0 Å². The maximum atomic E-state index is 13.3. The molecular weight excluding hydrogens is 277 g/mol. The Kier molecular flexibility index (Phi) is 5.39. The van der Waals surface area contributed by atoms with Gasteiger partial charge in [0.2, 0.25) is 0 Å². The maximum Gasteiger partial charge on any atom is 0.142 e. The molecule has 0 aliphatic carbocycles. The Morgan fingerprint density at radius 2 is 1.95 bits per heavy atom. The summed E-state index contributed by atoms with van der Waals surface area (Å²) in [6.07, 6.45) is 0. The smallest absolute Gasteiger partial charge is 0.142 e. The summed E-state index contributed by atoms with van der Waals surface area (Å²) >= 11 is 5.91. The summed E-state index contributed by atoms with van der Waals surface area (Å²) in [5.74, 6) is 0.472. The van der Waals surface area contributed by atoms with Crippen LogP contribution in [0.15, 0.2) is 42.5 Å². The summed E-state index contributed by atoms with van der Waals surface area (Å²) in [7, 11) is 0. The van der Waals surface area contributed by atoms with Gasteiger partial charge in [0.15, 0.2) is 0 Å². The van der Waals surface area contributed by atoms with E-state index in [-0.39, 0.29) is 10.8 Å². The summed E-state index contributed by atoms with van der Waals surface area (Å²) < 4.78 is 18.7. The Morgan fingerprint density at radius 3 is 2.75 bits per heavy atom. The van der Waals surface area contributed by atoms with Crippen LogP contribution in [0.2, 0.25) is 5.02 Å². The molecule has 2 aromatic carbocycles. The number of hydrogen-bond donors (Lipinski definition) is 1. The summed E-state index contributed by atoms with van der Waals surface area (Å²) in [5, 5.41) is 3.43. The average Bonchev–Trinajstić information content (AvgIpc) is 2.44. The van der Waals surface area contributed by atoms with Crippen LogP contribution in [0.5, 0.6) is 5.75 Å². The van der Waals surface area contributed by atoms with E-state index >= 15 is 0 Å². The van der Waals surface area contributed by atoms with Gasteiger partial charge in [-0.2, -0.15) is 0 Å². The highest BCUT2D eigenvalue weighted by Crippen LogP contribution is 2.19.